The minimum Gasteiger partial charge on any atom is -0.497 e. The van der Waals surface area contributed by atoms with Crippen LogP contribution in [0.5, 0.6) is 5.75 Å². The van der Waals surface area contributed by atoms with E-state index in [-0.39, 0.29) is 6.10 Å². The molecule has 0 aliphatic rings. The number of nitrogens with zero attached hydrogens (tertiary/aromatic N) is 3. The molecule has 0 saturated heterocycles. The van der Waals surface area contributed by atoms with Gasteiger partial charge in [0.2, 0.25) is 5.89 Å². The lowest BCUT2D eigenvalue weighted by molar-refractivity contribution is 0.0683. The van der Waals surface area contributed by atoms with E-state index in [1.165, 1.54) is 11.8 Å². The van der Waals surface area contributed by atoms with E-state index in [0.29, 0.717) is 24.1 Å². The van der Waals surface area contributed by atoms with E-state index in [1.54, 1.807) is 7.11 Å². The van der Waals surface area contributed by atoms with Crippen LogP contribution >= 0.6 is 11.8 Å². The minimum absolute atomic E-state index is 0.166. The van der Waals surface area contributed by atoms with Crippen molar-refractivity contribution in [2.75, 3.05) is 13.7 Å². The molecule has 0 aliphatic carbocycles. The van der Waals surface area contributed by atoms with Crippen LogP contribution in [0.25, 0.3) is 11.0 Å². The second-order valence-electron chi connectivity index (χ2n) is 4.86. The monoisotopic (exact) mass is 334 g/mol. The first-order valence-electron chi connectivity index (χ1n) is 7.30. The number of hydrogen-bond donors (Lipinski definition) is 1. The summed E-state index contributed by atoms with van der Waals surface area (Å²) in [5.41, 5.74) is 1.83. The van der Waals surface area contributed by atoms with Crippen molar-refractivity contribution in [1.29, 1.82) is 0 Å². The number of thioether (sulfide) groups is 1. The van der Waals surface area contributed by atoms with Gasteiger partial charge in [-0.2, -0.15) is 4.98 Å². The van der Waals surface area contributed by atoms with Gasteiger partial charge in [-0.05, 0) is 26.0 Å². The number of benzene rings is 1. The molecule has 0 spiro atoms. The Hall–Kier alpha value is -2.06. The number of rotatable bonds is 7. The van der Waals surface area contributed by atoms with Crippen molar-refractivity contribution >= 4 is 22.8 Å². The Labute approximate surface area is 137 Å². The lowest BCUT2D eigenvalue weighted by Crippen LogP contribution is -2.01. The van der Waals surface area contributed by atoms with Gasteiger partial charge in [0.05, 0.1) is 23.9 Å². The second kappa shape index (κ2) is 7.01. The van der Waals surface area contributed by atoms with E-state index in [4.69, 9.17) is 14.0 Å². The first-order chi connectivity index (χ1) is 11.2. The normalized spacial score (nSPS) is 12.7. The Balaban J connectivity index is 1.66. The van der Waals surface area contributed by atoms with E-state index in [1.807, 2.05) is 32.0 Å². The first kappa shape index (κ1) is 15.8. The molecule has 122 valence electrons. The predicted molar refractivity (Wildman–Crippen MR) is 86.5 cm³/mol. The smallest absolute Gasteiger partial charge is 0.237 e. The third kappa shape index (κ3) is 3.65. The van der Waals surface area contributed by atoms with E-state index in [0.717, 1.165) is 21.9 Å². The summed E-state index contributed by atoms with van der Waals surface area (Å²) in [6, 6.07) is 5.72. The molecule has 0 fully saturated rings. The number of fused-ring (bicyclic) bond motifs is 1. The molecular formula is C15H18N4O3S. The van der Waals surface area contributed by atoms with Gasteiger partial charge in [-0.1, -0.05) is 16.9 Å². The maximum Gasteiger partial charge on any atom is 0.237 e. The molecule has 2 aromatic heterocycles. The number of hydrogen-bond acceptors (Lipinski definition) is 7. The van der Waals surface area contributed by atoms with Crippen LogP contribution in [-0.2, 0) is 10.5 Å². The number of ether oxygens (including phenoxy) is 2. The fraction of sp³-hybridized carbons (Fsp3) is 0.400. The molecule has 1 N–H and O–H groups in total. The maximum atomic E-state index is 5.44. The van der Waals surface area contributed by atoms with Crippen LogP contribution in [0, 0.1) is 0 Å². The van der Waals surface area contributed by atoms with Gasteiger partial charge in [-0.3, -0.25) is 0 Å². The van der Waals surface area contributed by atoms with Crippen LogP contribution in [0.3, 0.4) is 0 Å². The summed E-state index contributed by atoms with van der Waals surface area (Å²) < 4.78 is 15.9. The van der Waals surface area contributed by atoms with Crippen molar-refractivity contribution in [3.63, 3.8) is 0 Å². The van der Waals surface area contributed by atoms with Crippen LogP contribution in [0.2, 0.25) is 0 Å². The number of H-pyrrole nitrogens is 1. The highest BCUT2D eigenvalue weighted by Crippen LogP contribution is 2.25. The lowest BCUT2D eigenvalue weighted by Gasteiger charge is -2.04. The summed E-state index contributed by atoms with van der Waals surface area (Å²) in [5.74, 6) is 2.46. The van der Waals surface area contributed by atoms with Crippen LogP contribution in [0.4, 0.5) is 0 Å². The van der Waals surface area contributed by atoms with Crippen molar-refractivity contribution in [1.82, 2.24) is 20.1 Å². The number of methoxy groups -OCH3 is 1. The molecule has 0 bridgehead atoms. The molecule has 1 atom stereocenters. The van der Waals surface area contributed by atoms with E-state index >= 15 is 0 Å². The standard InChI is InChI=1S/C15H18N4O3S/c1-4-21-9(2)14-18-13(22-19-14)8-23-15-16-11-6-5-10(20-3)7-12(11)17-15/h5-7,9H,4,8H2,1-3H3,(H,16,17). The van der Waals surface area contributed by atoms with Crippen molar-refractivity contribution in [3.05, 3.63) is 29.9 Å². The summed E-state index contributed by atoms with van der Waals surface area (Å²) in [4.78, 5) is 12.1. The zero-order valence-electron chi connectivity index (χ0n) is 13.2. The van der Waals surface area contributed by atoms with Gasteiger partial charge in [0.1, 0.15) is 11.9 Å². The summed E-state index contributed by atoms with van der Waals surface area (Å²) in [6.07, 6.45) is -0.166. The van der Waals surface area contributed by atoms with Gasteiger partial charge in [-0.25, -0.2) is 4.98 Å². The zero-order chi connectivity index (χ0) is 16.2. The quantitative estimate of drug-likeness (QED) is 0.663. The highest BCUT2D eigenvalue weighted by Gasteiger charge is 2.14. The fourth-order valence-electron chi connectivity index (χ4n) is 2.11. The molecule has 2 heterocycles. The van der Waals surface area contributed by atoms with Gasteiger partial charge >= 0.3 is 0 Å². The van der Waals surface area contributed by atoms with E-state index < -0.39 is 0 Å². The Morgan fingerprint density at radius 1 is 1.35 bits per heavy atom. The maximum absolute atomic E-state index is 5.44. The largest absolute Gasteiger partial charge is 0.497 e. The number of nitrogens with one attached hydrogen (secondary N) is 1. The third-order valence-corrected chi connectivity index (χ3v) is 4.12. The molecule has 0 aliphatic heterocycles. The first-order valence-corrected chi connectivity index (χ1v) is 8.28. The topological polar surface area (TPSA) is 86.1 Å². The molecule has 1 unspecified atom stereocenters. The Kier molecular flexibility index (Phi) is 4.82. The minimum atomic E-state index is -0.166. The summed E-state index contributed by atoms with van der Waals surface area (Å²) in [7, 11) is 1.64. The number of aromatic nitrogens is 4. The molecule has 3 rings (SSSR count). The number of imidazole rings is 1. The summed E-state index contributed by atoms with van der Waals surface area (Å²) in [6.45, 7) is 4.45. The summed E-state index contributed by atoms with van der Waals surface area (Å²) >= 11 is 1.51. The molecule has 3 aromatic rings. The van der Waals surface area contributed by atoms with Gasteiger partial charge in [-0.15, -0.1) is 0 Å². The van der Waals surface area contributed by atoms with Gasteiger partial charge in [0.15, 0.2) is 11.0 Å². The van der Waals surface area contributed by atoms with Gasteiger partial charge < -0.3 is 19.0 Å². The highest BCUT2D eigenvalue weighted by atomic mass is 32.2. The lowest BCUT2D eigenvalue weighted by atomic mass is 10.3. The highest BCUT2D eigenvalue weighted by molar-refractivity contribution is 7.98. The van der Waals surface area contributed by atoms with Gasteiger partial charge in [0, 0.05) is 12.7 Å². The molecule has 1 aromatic carbocycles. The van der Waals surface area contributed by atoms with Crippen LogP contribution in [0.15, 0.2) is 27.9 Å². The van der Waals surface area contributed by atoms with E-state index in [9.17, 15) is 0 Å². The van der Waals surface area contributed by atoms with Crippen LogP contribution < -0.4 is 4.74 Å². The molecular weight excluding hydrogens is 316 g/mol. The third-order valence-electron chi connectivity index (χ3n) is 3.26. The van der Waals surface area contributed by atoms with Crippen molar-refractivity contribution < 1.29 is 14.0 Å². The van der Waals surface area contributed by atoms with Crippen molar-refractivity contribution in [2.24, 2.45) is 0 Å². The SMILES string of the molecule is CCOC(C)c1noc(CSc2nc3ccc(OC)cc3[nH]2)n1. The Morgan fingerprint density at radius 3 is 3.00 bits per heavy atom. The average molecular weight is 334 g/mol. The molecule has 7 nitrogen and oxygen atoms in total. The number of aromatic amines is 1. The van der Waals surface area contributed by atoms with Crippen molar-refractivity contribution in [2.45, 2.75) is 30.9 Å². The zero-order valence-corrected chi connectivity index (χ0v) is 14.0. The average Bonchev–Trinajstić information content (AvgIpc) is 3.18. The van der Waals surface area contributed by atoms with Crippen molar-refractivity contribution in [3.8, 4) is 5.75 Å². The van der Waals surface area contributed by atoms with Crippen LogP contribution in [-0.4, -0.2) is 33.8 Å². The predicted octanol–water partition coefficient (Wildman–Crippen LogP) is 3.34. The van der Waals surface area contributed by atoms with Crippen LogP contribution in [0.1, 0.15) is 31.7 Å². The molecule has 0 saturated carbocycles. The Bertz CT molecular complexity index is 786. The summed E-state index contributed by atoms with van der Waals surface area (Å²) in [5, 5.41) is 4.74. The van der Waals surface area contributed by atoms with E-state index in [2.05, 4.69) is 20.1 Å². The molecule has 8 heteroatoms. The molecule has 23 heavy (non-hydrogen) atoms. The molecule has 0 amide bonds. The van der Waals surface area contributed by atoms with Gasteiger partial charge in [0.25, 0.3) is 0 Å². The Morgan fingerprint density at radius 2 is 2.22 bits per heavy atom. The second-order valence-corrected chi connectivity index (χ2v) is 5.82. The molecule has 0 radical (unpaired) electrons. The fourth-order valence-corrected chi connectivity index (χ4v) is 2.83.